The van der Waals surface area contributed by atoms with Crippen molar-refractivity contribution >= 4 is 27.8 Å². The van der Waals surface area contributed by atoms with Gasteiger partial charge >= 0.3 is 0 Å². The lowest BCUT2D eigenvalue weighted by molar-refractivity contribution is -0.119. The highest BCUT2D eigenvalue weighted by atomic mass is 79.9. The summed E-state index contributed by atoms with van der Waals surface area (Å²) >= 11 is 3.35. The minimum Gasteiger partial charge on any atom is -0.368 e. The zero-order valence-electron chi connectivity index (χ0n) is 8.98. The van der Waals surface area contributed by atoms with Crippen LogP contribution in [0.1, 0.15) is 18.5 Å². The Morgan fingerprint density at radius 1 is 1.69 bits per heavy atom. The van der Waals surface area contributed by atoms with Crippen LogP contribution in [-0.4, -0.2) is 28.5 Å². The van der Waals surface area contributed by atoms with Crippen molar-refractivity contribution < 1.29 is 4.79 Å². The molecular formula is C10H13BrN4O. The summed E-state index contributed by atoms with van der Waals surface area (Å²) < 4.78 is 0.867. The third kappa shape index (κ3) is 2.02. The van der Waals surface area contributed by atoms with Crippen molar-refractivity contribution in [2.45, 2.75) is 25.8 Å². The second kappa shape index (κ2) is 4.37. The first-order valence-corrected chi connectivity index (χ1v) is 5.94. The van der Waals surface area contributed by atoms with Gasteiger partial charge in [-0.2, -0.15) is 0 Å². The number of carbonyl (C=O) groups excluding carboxylic acids is 1. The maximum atomic E-state index is 11.3. The number of nitrogens with zero attached hydrogens (tertiary/aromatic N) is 3. The first-order valence-electron chi connectivity index (χ1n) is 5.14. The predicted octanol–water partition coefficient (Wildman–Crippen LogP) is 1.00. The van der Waals surface area contributed by atoms with E-state index in [-0.39, 0.29) is 11.9 Å². The number of nitrogens with two attached hydrogens (primary N) is 1. The summed E-state index contributed by atoms with van der Waals surface area (Å²) in [5.74, 6) is 0.281. The molecule has 2 rings (SSSR count). The zero-order chi connectivity index (χ0) is 11.7. The van der Waals surface area contributed by atoms with Crippen molar-refractivity contribution in [2.75, 3.05) is 11.4 Å². The van der Waals surface area contributed by atoms with Crippen molar-refractivity contribution in [2.24, 2.45) is 5.73 Å². The third-order valence-corrected chi connectivity index (χ3v) is 3.52. The number of carbonyl (C=O) groups is 1. The molecule has 86 valence electrons. The van der Waals surface area contributed by atoms with Gasteiger partial charge in [0.1, 0.15) is 6.04 Å². The maximum absolute atomic E-state index is 11.3. The molecule has 0 spiro atoms. The van der Waals surface area contributed by atoms with Crippen LogP contribution in [0.25, 0.3) is 0 Å². The molecule has 1 unspecified atom stereocenters. The van der Waals surface area contributed by atoms with Crippen LogP contribution in [0.4, 0.5) is 5.95 Å². The minimum absolute atomic E-state index is 0.263. The quantitative estimate of drug-likeness (QED) is 0.880. The van der Waals surface area contributed by atoms with E-state index in [1.165, 1.54) is 0 Å². The summed E-state index contributed by atoms with van der Waals surface area (Å²) in [6.07, 6.45) is 3.44. The minimum atomic E-state index is -0.304. The van der Waals surface area contributed by atoms with Crippen molar-refractivity contribution in [1.29, 1.82) is 0 Å². The lowest BCUT2D eigenvalue weighted by Gasteiger charge is -2.22. The van der Waals surface area contributed by atoms with E-state index in [0.717, 1.165) is 29.6 Å². The molecule has 0 aliphatic carbocycles. The third-order valence-electron chi connectivity index (χ3n) is 2.74. The molecule has 1 aliphatic rings. The van der Waals surface area contributed by atoms with Crippen LogP contribution in [0.2, 0.25) is 0 Å². The van der Waals surface area contributed by atoms with Gasteiger partial charge in [-0.25, -0.2) is 9.97 Å². The van der Waals surface area contributed by atoms with Crippen LogP contribution < -0.4 is 10.6 Å². The SMILES string of the molecule is Cc1nc(N2CCCC2C(N)=O)ncc1Br. The number of rotatable bonds is 2. The number of aryl methyl sites for hydroxylation is 1. The first kappa shape index (κ1) is 11.3. The van der Waals surface area contributed by atoms with E-state index in [0.29, 0.717) is 5.95 Å². The Labute approximate surface area is 102 Å². The van der Waals surface area contributed by atoms with Crippen molar-refractivity contribution in [3.8, 4) is 0 Å². The number of primary amides is 1. The molecule has 6 heteroatoms. The molecule has 0 radical (unpaired) electrons. The number of hydrogen-bond donors (Lipinski definition) is 1. The van der Waals surface area contributed by atoms with Gasteiger partial charge in [-0.3, -0.25) is 4.79 Å². The second-order valence-corrected chi connectivity index (χ2v) is 4.71. The number of hydrogen-bond acceptors (Lipinski definition) is 4. The summed E-state index contributed by atoms with van der Waals surface area (Å²) in [6.45, 7) is 2.68. The average molecular weight is 285 g/mol. The molecule has 2 N–H and O–H groups in total. The molecule has 1 atom stereocenters. The van der Waals surface area contributed by atoms with Crippen LogP contribution in [-0.2, 0) is 4.79 Å². The Kier molecular flexibility index (Phi) is 3.09. The fraction of sp³-hybridized carbons (Fsp3) is 0.500. The summed E-state index contributed by atoms with van der Waals surface area (Å²) in [5.41, 5.74) is 6.21. The van der Waals surface area contributed by atoms with E-state index in [1.54, 1.807) is 6.20 Å². The fourth-order valence-electron chi connectivity index (χ4n) is 1.88. The Bertz CT molecular complexity index is 423. The average Bonchev–Trinajstić information content (AvgIpc) is 2.71. The summed E-state index contributed by atoms with van der Waals surface area (Å²) in [5, 5.41) is 0. The van der Waals surface area contributed by atoms with Gasteiger partial charge in [0.05, 0.1) is 10.2 Å². The standard InChI is InChI=1S/C10H13BrN4O/c1-6-7(11)5-13-10(14-6)15-4-2-3-8(15)9(12)16/h5,8H,2-4H2,1H3,(H2,12,16). The summed E-state index contributed by atoms with van der Waals surface area (Å²) in [4.78, 5) is 21.7. The van der Waals surface area contributed by atoms with E-state index in [1.807, 2.05) is 11.8 Å². The molecule has 1 aliphatic heterocycles. The summed E-state index contributed by atoms with van der Waals surface area (Å²) in [7, 11) is 0. The molecule has 5 nitrogen and oxygen atoms in total. The molecule has 1 fully saturated rings. The van der Waals surface area contributed by atoms with Gasteiger partial charge in [0.2, 0.25) is 11.9 Å². The molecule has 16 heavy (non-hydrogen) atoms. The predicted molar refractivity (Wildman–Crippen MR) is 64.0 cm³/mol. The van der Waals surface area contributed by atoms with Gasteiger partial charge in [-0.05, 0) is 35.7 Å². The fourth-order valence-corrected chi connectivity index (χ4v) is 2.07. The Morgan fingerprint density at radius 2 is 2.44 bits per heavy atom. The van der Waals surface area contributed by atoms with Crippen LogP contribution in [0.5, 0.6) is 0 Å². The number of amides is 1. The normalized spacial score (nSPS) is 20.1. The highest BCUT2D eigenvalue weighted by Gasteiger charge is 2.30. The van der Waals surface area contributed by atoms with Crippen LogP contribution in [0, 0.1) is 6.92 Å². The van der Waals surface area contributed by atoms with Crippen LogP contribution in [0.15, 0.2) is 10.7 Å². The lowest BCUT2D eigenvalue weighted by Crippen LogP contribution is -2.41. The van der Waals surface area contributed by atoms with Gasteiger partial charge in [0, 0.05) is 12.7 Å². The molecule has 1 aromatic heterocycles. The number of aromatic nitrogens is 2. The molecule has 0 saturated carbocycles. The topological polar surface area (TPSA) is 72.1 Å². The van der Waals surface area contributed by atoms with Crippen LogP contribution >= 0.6 is 15.9 Å². The molecule has 1 amide bonds. The highest BCUT2D eigenvalue weighted by molar-refractivity contribution is 9.10. The Morgan fingerprint density at radius 3 is 3.06 bits per heavy atom. The zero-order valence-corrected chi connectivity index (χ0v) is 10.6. The number of halogens is 1. The first-order chi connectivity index (χ1) is 7.59. The Balaban J connectivity index is 2.29. The maximum Gasteiger partial charge on any atom is 0.240 e. The van der Waals surface area contributed by atoms with Gasteiger partial charge < -0.3 is 10.6 Å². The van der Waals surface area contributed by atoms with E-state index >= 15 is 0 Å². The number of anilines is 1. The van der Waals surface area contributed by atoms with Crippen molar-refractivity contribution in [3.05, 3.63) is 16.4 Å². The van der Waals surface area contributed by atoms with Gasteiger partial charge in [0.15, 0.2) is 0 Å². The largest absolute Gasteiger partial charge is 0.368 e. The molecule has 1 saturated heterocycles. The molecule has 2 heterocycles. The van der Waals surface area contributed by atoms with Crippen LogP contribution in [0.3, 0.4) is 0 Å². The van der Waals surface area contributed by atoms with E-state index in [2.05, 4.69) is 25.9 Å². The van der Waals surface area contributed by atoms with Gasteiger partial charge in [0.25, 0.3) is 0 Å². The summed E-state index contributed by atoms with van der Waals surface area (Å²) in [6, 6.07) is -0.263. The second-order valence-electron chi connectivity index (χ2n) is 3.86. The lowest BCUT2D eigenvalue weighted by atomic mass is 10.2. The molecule has 0 bridgehead atoms. The molecule has 0 aromatic carbocycles. The molecular weight excluding hydrogens is 272 g/mol. The van der Waals surface area contributed by atoms with E-state index < -0.39 is 0 Å². The van der Waals surface area contributed by atoms with Gasteiger partial charge in [-0.15, -0.1) is 0 Å². The van der Waals surface area contributed by atoms with E-state index in [9.17, 15) is 4.79 Å². The Hall–Kier alpha value is -1.17. The smallest absolute Gasteiger partial charge is 0.240 e. The van der Waals surface area contributed by atoms with E-state index in [4.69, 9.17) is 5.73 Å². The van der Waals surface area contributed by atoms with Crippen molar-refractivity contribution in [3.63, 3.8) is 0 Å². The molecule has 1 aromatic rings. The van der Waals surface area contributed by atoms with Crippen molar-refractivity contribution in [1.82, 2.24) is 9.97 Å². The van der Waals surface area contributed by atoms with Gasteiger partial charge in [-0.1, -0.05) is 0 Å². The monoisotopic (exact) mass is 284 g/mol. The highest BCUT2D eigenvalue weighted by Crippen LogP contribution is 2.23.